The van der Waals surface area contributed by atoms with Crippen molar-refractivity contribution in [1.82, 2.24) is 5.32 Å². The van der Waals surface area contributed by atoms with Crippen molar-refractivity contribution in [3.63, 3.8) is 0 Å². The van der Waals surface area contributed by atoms with Crippen LogP contribution in [-0.4, -0.2) is 11.8 Å². The molecule has 0 bridgehead atoms. The third-order valence-corrected chi connectivity index (χ3v) is 4.38. The van der Waals surface area contributed by atoms with Crippen LogP contribution in [-0.2, 0) is 6.54 Å². The standard InChI is InChI=1S/C21H19ClN2O3/c1-13-10-14(2)19(18(22)11-13)24-21(26)16-7-5-15(6-8-16)20(25)23-12-17-4-3-9-27-17/h3-11H,12H2,1-2H3,(H,23,25)(H,24,26). The van der Waals surface area contributed by atoms with Crippen LogP contribution in [0.4, 0.5) is 5.69 Å². The van der Waals surface area contributed by atoms with Crippen LogP contribution in [0.5, 0.6) is 0 Å². The van der Waals surface area contributed by atoms with Crippen LogP contribution in [0.2, 0.25) is 5.02 Å². The highest BCUT2D eigenvalue weighted by Gasteiger charge is 2.13. The van der Waals surface area contributed by atoms with E-state index in [0.717, 1.165) is 11.1 Å². The SMILES string of the molecule is Cc1cc(C)c(NC(=O)c2ccc(C(=O)NCc3ccco3)cc2)c(Cl)c1. The molecule has 0 saturated heterocycles. The number of hydrogen-bond donors (Lipinski definition) is 2. The molecule has 2 amide bonds. The van der Waals surface area contributed by atoms with E-state index in [1.54, 1.807) is 48.7 Å². The smallest absolute Gasteiger partial charge is 0.255 e. The fourth-order valence-electron chi connectivity index (χ4n) is 2.72. The Morgan fingerprint density at radius 1 is 1.00 bits per heavy atom. The minimum absolute atomic E-state index is 0.240. The van der Waals surface area contributed by atoms with E-state index in [1.807, 2.05) is 19.9 Å². The number of carbonyl (C=O) groups excluding carboxylic acids is 2. The number of nitrogens with one attached hydrogen (secondary N) is 2. The summed E-state index contributed by atoms with van der Waals surface area (Å²) in [7, 11) is 0. The second-order valence-corrected chi connectivity index (χ2v) is 6.64. The van der Waals surface area contributed by atoms with Crippen molar-refractivity contribution in [3.05, 3.63) is 87.8 Å². The Kier molecular flexibility index (Phi) is 5.62. The van der Waals surface area contributed by atoms with Gasteiger partial charge < -0.3 is 15.1 Å². The number of carbonyl (C=O) groups is 2. The summed E-state index contributed by atoms with van der Waals surface area (Å²) >= 11 is 6.23. The van der Waals surface area contributed by atoms with E-state index < -0.39 is 0 Å². The quantitative estimate of drug-likeness (QED) is 0.670. The molecule has 0 aliphatic rings. The van der Waals surface area contributed by atoms with Gasteiger partial charge in [0.1, 0.15) is 5.76 Å². The molecule has 1 heterocycles. The van der Waals surface area contributed by atoms with E-state index >= 15 is 0 Å². The highest BCUT2D eigenvalue weighted by atomic mass is 35.5. The molecule has 0 aliphatic heterocycles. The van der Waals surface area contributed by atoms with Gasteiger partial charge in [-0.3, -0.25) is 9.59 Å². The first-order valence-electron chi connectivity index (χ1n) is 8.43. The molecule has 0 unspecified atom stereocenters. The summed E-state index contributed by atoms with van der Waals surface area (Å²) < 4.78 is 5.18. The zero-order chi connectivity index (χ0) is 19.4. The van der Waals surface area contributed by atoms with Crippen LogP contribution in [0.25, 0.3) is 0 Å². The van der Waals surface area contributed by atoms with Crippen molar-refractivity contribution in [2.24, 2.45) is 0 Å². The molecule has 2 N–H and O–H groups in total. The molecule has 5 nitrogen and oxygen atoms in total. The van der Waals surface area contributed by atoms with Gasteiger partial charge in [-0.1, -0.05) is 17.7 Å². The van der Waals surface area contributed by atoms with Gasteiger partial charge in [0.05, 0.1) is 23.5 Å². The summed E-state index contributed by atoms with van der Waals surface area (Å²) in [5, 5.41) is 6.09. The largest absolute Gasteiger partial charge is 0.467 e. The topological polar surface area (TPSA) is 71.3 Å². The van der Waals surface area contributed by atoms with Crippen molar-refractivity contribution in [2.45, 2.75) is 20.4 Å². The molecule has 3 aromatic rings. The van der Waals surface area contributed by atoms with Crippen molar-refractivity contribution < 1.29 is 14.0 Å². The summed E-state index contributed by atoms with van der Waals surface area (Å²) in [6, 6.07) is 13.7. The normalized spacial score (nSPS) is 10.5. The van der Waals surface area contributed by atoms with E-state index in [-0.39, 0.29) is 11.8 Å². The Balaban J connectivity index is 1.66. The number of rotatable bonds is 5. The Morgan fingerprint density at radius 2 is 1.67 bits per heavy atom. The third kappa shape index (κ3) is 4.57. The molecule has 0 radical (unpaired) electrons. The predicted molar refractivity (Wildman–Crippen MR) is 105 cm³/mol. The highest BCUT2D eigenvalue weighted by molar-refractivity contribution is 6.34. The van der Waals surface area contributed by atoms with E-state index in [0.29, 0.717) is 34.1 Å². The first-order chi connectivity index (χ1) is 12.9. The average Bonchev–Trinajstić information content (AvgIpc) is 3.16. The van der Waals surface area contributed by atoms with Crippen LogP contribution in [0.15, 0.2) is 59.2 Å². The van der Waals surface area contributed by atoms with Gasteiger partial charge in [-0.15, -0.1) is 0 Å². The predicted octanol–water partition coefficient (Wildman–Crippen LogP) is 4.73. The van der Waals surface area contributed by atoms with E-state index in [1.165, 1.54) is 0 Å². The van der Waals surface area contributed by atoms with Crippen LogP contribution in [0, 0.1) is 13.8 Å². The summed E-state index contributed by atoms with van der Waals surface area (Å²) in [4.78, 5) is 24.6. The minimum Gasteiger partial charge on any atom is -0.467 e. The maximum absolute atomic E-state index is 12.5. The summed E-state index contributed by atoms with van der Waals surface area (Å²) in [6.45, 7) is 4.14. The van der Waals surface area contributed by atoms with E-state index in [4.69, 9.17) is 16.0 Å². The Bertz CT molecular complexity index is 941. The first kappa shape index (κ1) is 18.7. The molecule has 1 aromatic heterocycles. The first-order valence-corrected chi connectivity index (χ1v) is 8.80. The number of hydrogen-bond acceptors (Lipinski definition) is 3. The number of furan rings is 1. The average molecular weight is 383 g/mol. The molecule has 27 heavy (non-hydrogen) atoms. The second-order valence-electron chi connectivity index (χ2n) is 6.23. The lowest BCUT2D eigenvalue weighted by Gasteiger charge is -2.12. The number of halogens is 1. The Labute approximate surface area is 162 Å². The highest BCUT2D eigenvalue weighted by Crippen LogP contribution is 2.27. The van der Waals surface area contributed by atoms with Gasteiger partial charge in [0.25, 0.3) is 11.8 Å². The third-order valence-electron chi connectivity index (χ3n) is 4.08. The summed E-state index contributed by atoms with van der Waals surface area (Å²) in [5.74, 6) is 0.145. The lowest BCUT2D eigenvalue weighted by Crippen LogP contribution is -2.22. The molecule has 0 atom stereocenters. The number of aryl methyl sites for hydroxylation is 2. The van der Waals surface area contributed by atoms with Gasteiger partial charge >= 0.3 is 0 Å². The van der Waals surface area contributed by atoms with E-state index in [9.17, 15) is 9.59 Å². The van der Waals surface area contributed by atoms with Gasteiger partial charge in [-0.05, 0) is 67.4 Å². The van der Waals surface area contributed by atoms with Crippen LogP contribution < -0.4 is 10.6 Å². The van der Waals surface area contributed by atoms with E-state index in [2.05, 4.69) is 10.6 Å². The van der Waals surface area contributed by atoms with Crippen molar-refractivity contribution in [3.8, 4) is 0 Å². The lowest BCUT2D eigenvalue weighted by molar-refractivity contribution is 0.0946. The van der Waals surface area contributed by atoms with Gasteiger partial charge in [0.2, 0.25) is 0 Å². The van der Waals surface area contributed by atoms with Crippen LogP contribution in [0.1, 0.15) is 37.6 Å². The maximum atomic E-state index is 12.5. The van der Waals surface area contributed by atoms with Gasteiger partial charge in [-0.25, -0.2) is 0 Å². The number of amides is 2. The zero-order valence-electron chi connectivity index (χ0n) is 15.0. The number of anilines is 1. The monoisotopic (exact) mass is 382 g/mol. The van der Waals surface area contributed by atoms with Crippen molar-refractivity contribution in [1.29, 1.82) is 0 Å². The molecule has 2 aromatic carbocycles. The molecule has 0 saturated carbocycles. The molecule has 0 aliphatic carbocycles. The summed E-state index contributed by atoms with van der Waals surface area (Å²) in [5.41, 5.74) is 3.41. The lowest BCUT2D eigenvalue weighted by atomic mass is 10.1. The number of benzene rings is 2. The zero-order valence-corrected chi connectivity index (χ0v) is 15.8. The molecular formula is C21H19ClN2O3. The van der Waals surface area contributed by atoms with Crippen LogP contribution in [0.3, 0.4) is 0 Å². The molecular weight excluding hydrogens is 364 g/mol. The Hall–Kier alpha value is -3.05. The van der Waals surface area contributed by atoms with Gasteiger partial charge in [0, 0.05) is 11.1 Å². The molecule has 3 rings (SSSR count). The maximum Gasteiger partial charge on any atom is 0.255 e. The summed E-state index contributed by atoms with van der Waals surface area (Å²) in [6.07, 6.45) is 1.55. The second kappa shape index (κ2) is 8.10. The molecule has 0 spiro atoms. The van der Waals surface area contributed by atoms with Gasteiger partial charge in [-0.2, -0.15) is 0 Å². The molecule has 6 heteroatoms. The fourth-order valence-corrected chi connectivity index (χ4v) is 3.08. The van der Waals surface area contributed by atoms with Crippen LogP contribution >= 0.6 is 11.6 Å². The van der Waals surface area contributed by atoms with Crippen molar-refractivity contribution in [2.75, 3.05) is 5.32 Å². The fraction of sp³-hybridized carbons (Fsp3) is 0.143. The van der Waals surface area contributed by atoms with Gasteiger partial charge in [0.15, 0.2) is 0 Å². The Morgan fingerprint density at radius 3 is 2.26 bits per heavy atom. The molecule has 0 fully saturated rings. The van der Waals surface area contributed by atoms with Crippen molar-refractivity contribution >= 4 is 29.1 Å². The molecule has 138 valence electrons. The minimum atomic E-state index is -0.286.